The molecule has 0 unspecified atom stereocenters. The molecule has 2 heterocycles. The number of benzene rings is 1. The number of halogens is 3. The van der Waals surface area contributed by atoms with Crippen LogP contribution in [0, 0.1) is 17.1 Å². The molecule has 0 saturated carbocycles. The number of fused-ring (bicyclic) bond motifs is 1. The topological polar surface area (TPSA) is 61.1 Å². The van der Waals surface area contributed by atoms with Gasteiger partial charge in [0.25, 0.3) is 5.56 Å². The summed E-state index contributed by atoms with van der Waals surface area (Å²) in [6.45, 7) is 0. The van der Waals surface area contributed by atoms with E-state index >= 15 is 0 Å². The normalized spacial score (nSPS) is 10.8. The Kier molecular flexibility index (Phi) is 3.65. The number of rotatable bonds is 2. The van der Waals surface area contributed by atoms with Crippen molar-refractivity contribution in [1.29, 1.82) is 5.26 Å². The van der Waals surface area contributed by atoms with E-state index in [0.29, 0.717) is 23.2 Å². The first-order chi connectivity index (χ1) is 10.5. The van der Waals surface area contributed by atoms with Gasteiger partial charge in [0.15, 0.2) is 0 Å². The predicted molar refractivity (Wildman–Crippen MR) is 82.0 cm³/mol. The molecule has 1 N–H and O–H groups in total. The van der Waals surface area contributed by atoms with Gasteiger partial charge >= 0.3 is 0 Å². The zero-order valence-corrected chi connectivity index (χ0v) is 12.5. The van der Waals surface area contributed by atoms with E-state index < -0.39 is 5.82 Å². The second kappa shape index (κ2) is 5.48. The van der Waals surface area contributed by atoms with Crippen molar-refractivity contribution in [2.75, 3.05) is 0 Å². The second-order valence-corrected chi connectivity index (χ2v) is 5.48. The third-order valence-electron chi connectivity index (χ3n) is 3.32. The van der Waals surface area contributed by atoms with E-state index in [4.69, 9.17) is 28.5 Å². The van der Waals surface area contributed by atoms with E-state index in [1.807, 2.05) is 0 Å². The lowest BCUT2D eigenvalue weighted by Crippen LogP contribution is -2.12. The van der Waals surface area contributed by atoms with Gasteiger partial charge in [-0.1, -0.05) is 29.3 Å². The average Bonchev–Trinajstić information content (AvgIpc) is 2.81. The summed E-state index contributed by atoms with van der Waals surface area (Å²) in [5.74, 6) is -0.570. The first-order valence-electron chi connectivity index (χ1n) is 6.27. The molecular weight excluding hydrogens is 328 g/mol. The highest BCUT2D eigenvalue weighted by Crippen LogP contribution is 2.26. The molecule has 4 nitrogen and oxygen atoms in total. The van der Waals surface area contributed by atoms with E-state index in [-0.39, 0.29) is 21.3 Å². The van der Waals surface area contributed by atoms with Crippen molar-refractivity contribution in [1.82, 2.24) is 9.38 Å². The molecule has 0 spiro atoms. The molecule has 0 aliphatic heterocycles. The molecule has 0 amide bonds. The molecule has 7 heteroatoms. The summed E-state index contributed by atoms with van der Waals surface area (Å²) < 4.78 is 14.9. The van der Waals surface area contributed by atoms with E-state index in [1.54, 1.807) is 12.1 Å². The van der Waals surface area contributed by atoms with Gasteiger partial charge in [0.05, 0.1) is 10.6 Å². The third kappa shape index (κ3) is 2.37. The summed E-state index contributed by atoms with van der Waals surface area (Å²) in [6.07, 6.45) is 1.87. The summed E-state index contributed by atoms with van der Waals surface area (Å²) in [5, 5.41) is 9.39. The highest BCUT2D eigenvalue weighted by atomic mass is 35.5. The molecule has 0 atom stereocenters. The molecule has 0 fully saturated rings. The lowest BCUT2D eigenvalue weighted by molar-refractivity contribution is 0.623. The molecule has 110 valence electrons. The van der Waals surface area contributed by atoms with Crippen LogP contribution in [0.15, 0.2) is 35.3 Å². The van der Waals surface area contributed by atoms with Crippen molar-refractivity contribution >= 4 is 28.7 Å². The van der Waals surface area contributed by atoms with E-state index in [2.05, 4.69) is 4.98 Å². The maximum Gasteiger partial charge on any atom is 0.272 e. The van der Waals surface area contributed by atoms with Crippen LogP contribution in [-0.4, -0.2) is 9.38 Å². The first kappa shape index (κ1) is 14.6. The van der Waals surface area contributed by atoms with Crippen molar-refractivity contribution < 1.29 is 4.39 Å². The fourth-order valence-electron chi connectivity index (χ4n) is 2.30. The van der Waals surface area contributed by atoms with Gasteiger partial charge in [-0.25, -0.2) is 4.39 Å². The van der Waals surface area contributed by atoms with E-state index in [0.717, 1.165) is 0 Å². The summed E-state index contributed by atoms with van der Waals surface area (Å²) >= 11 is 12.1. The van der Waals surface area contributed by atoms with Crippen LogP contribution in [0.4, 0.5) is 4.39 Å². The molecular formula is C15H8Cl2FN3O. The van der Waals surface area contributed by atoms with Gasteiger partial charge in [-0.3, -0.25) is 9.20 Å². The molecule has 22 heavy (non-hydrogen) atoms. The van der Waals surface area contributed by atoms with Gasteiger partial charge in [-0.2, -0.15) is 5.26 Å². The molecule has 3 rings (SSSR count). The van der Waals surface area contributed by atoms with Crippen LogP contribution < -0.4 is 5.56 Å². The number of aromatic amines is 1. The molecule has 3 aromatic rings. The van der Waals surface area contributed by atoms with Crippen LogP contribution in [0.25, 0.3) is 5.52 Å². The maximum absolute atomic E-state index is 13.4. The Labute approximate surface area is 134 Å². The number of nitrogens with one attached hydrogen (secondary N) is 1. The fraction of sp³-hybridized carbons (Fsp3) is 0.0667. The average molecular weight is 336 g/mol. The SMILES string of the molecule is N#Cc1cc(Cc2c[nH]c(=O)c3cc(Cl)c(Cl)n23)ccc1F. The zero-order valence-electron chi connectivity index (χ0n) is 11.0. The predicted octanol–water partition coefficient (Wildman–Crippen LogP) is 3.54. The number of H-pyrrole nitrogens is 1. The van der Waals surface area contributed by atoms with Gasteiger partial charge in [-0.05, 0) is 23.8 Å². The lowest BCUT2D eigenvalue weighted by atomic mass is 10.1. The van der Waals surface area contributed by atoms with Crippen LogP contribution >= 0.6 is 23.2 Å². The largest absolute Gasteiger partial charge is 0.326 e. The van der Waals surface area contributed by atoms with Crippen molar-refractivity contribution in [3.8, 4) is 6.07 Å². The minimum Gasteiger partial charge on any atom is -0.326 e. The highest BCUT2D eigenvalue weighted by Gasteiger charge is 2.13. The monoisotopic (exact) mass is 335 g/mol. The van der Waals surface area contributed by atoms with Crippen LogP contribution in [0.5, 0.6) is 0 Å². The van der Waals surface area contributed by atoms with Crippen LogP contribution in [0.1, 0.15) is 16.8 Å². The first-order valence-corrected chi connectivity index (χ1v) is 7.02. The molecule has 0 saturated heterocycles. The summed E-state index contributed by atoms with van der Waals surface area (Å²) in [6, 6.07) is 7.56. The Morgan fingerprint density at radius 3 is 2.82 bits per heavy atom. The van der Waals surface area contributed by atoms with E-state index in [1.165, 1.54) is 28.8 Å². The smallest absolute Gasteiger partial charge is 0.272 e. The van der Waals surface area contributed by atoms with Crippen molar-refractivity contribution in [2.45, 2.75) is 6.42 Å². The molecule has 2 aromatic heterocycles. The Morgan fingerprint density at radius 1 is 1.32 bits per heavy atom. The van der Waals surface area contributed by atoms with Crippen molar-refractivity contribution in [3.63, 3.8) is 0 Å². The highest BCUT2D eigenvalue weighted by molar-refractivity contribution is 6.42. The molecule has 0 bridgehead atoms. The Bertz CT molecular complexity index is 985. The number of aromatic nitrogens is 2. The van der Waals surface area contributed by atoms with Gasteiger partial charge in [-0.15, -0.1) is 0 Å². The maximum atomic E-state index is 13.4. The molecule has 0 aliphatic rings. The summed E-state index contributed by atoms with van der Waals surface area (Å²) in [7, 11) is 0. The summed E-state index contributed by atoms with van der Waals surface area (Å²) in [4.78, 5) is 14.4. The number of hydrogen-bond donors (Lipinski definition) is 1. The lowest BCUT2D eigenvalue weighted by Gasteiger charge is -2.07. The van der Waals surface area contributed by atoms with Gasteiger partial charge in [0, 0.05) is 18.3 Å². The third-order valence-corrected chi connectivity index (χ3v) is 4.08. The van der Waals surface area contributed by atoms with Gasteiger partial charge < -0.3 is 4.98 Å². The summed E-state index contributed by atoms with van der Waals surface area (Å²) in [5.41, 5.74) is 1.37. The Balaban J connectivity index is 2.14. The molecule has 0 radical (unpaired) electrons. The van der Waals surface area contributed by atoms with E-state index in [9.17, 15) is 9.18 Å². The molecule has 0 aliphatic carbocycles. The number of nitrogens with zero attached hydrogens (tertiary/aromatic N) is 2. The standard InChI is InChI=1S/C15H8Cl2FN3O/c16-11-5-13-15(22)20-7-10(21(13)14(11)17)4-8-1-2-12(18)9(3-8)6-19/h1-3,5,7H,4H2,(H,20,22). The minimum absolute atomic E-state index is 0.0326. The molecule has 1 aromatic carbocycles. The number of hydrogen-bond acceptors (Lipinski definition) is 2. The van der Waals surface area contributed by atoms with Crippen LogP contribution in [0.2, 0.25) is 10.2 Å². The van der Waals surface area contributed by atoms with Gasteiger partial charge in [0.2, 0.25) is 0 Å². The van der Waals surface area contributed by atoms with Crippen LogP contribution in [-0.2, 0) is 6.42 Å². The minimum atomic E-state index is -0.570. The fourth-order valence-corrected chi connectivity index (χ4v) is 2.74. The second-order valence-electron chi connectivity index (χ2n) is 4.72. The quantitative estimate of drug-likeness (QED) is 0.778. The zero-order chi connectivity index (χ0) is 15.9. The Morgan fingerprint density at radius 2 is 2.09 bits per heavy atom. The van der Waals surface area contributed by atoms with Crippen molar-refractivity contribution in [3.05, 3.63) is 73.6 Å². The van der Waals surface area contributed by atoms with Crippen molar-refractivity contribution in [2.24, 2.45) is 0 Å². The van der Waals surface area contributed by atoms with Gasteiger partial charge in [0.1, 0.15) is 22.6 Å². The number of nitriles is 1. The Hall–Kier alpha value is -2.29. The van der Waals surface area contributed by atoms with Crippen LogP contribution in [0.3, 0.4) is 0 Å².